The molecule has 4 saturated carbocycles. The maximum absolute atomic E-state index is 13.8. The first kappa shape index (κ1) is 33.4. The van der Waals surface area contributed by atoms with E-state index in [0.717, 1.165) is 33.2 Å². The number of imide groups is 2. The molecule has 1 aliphatic heterocycles. The summed E-state index contributed by atoms with van der Waals surface area (Å²) in [6.07, 6.45) is 9.53. The Bertz CT molecular complexity index is 1940. The van der Waals surface area contributed by atoms with E-state index >= 15 is 0 Å². The predicted molar refractivity (Wildman–Crippen MR) is 199 cm³/mol. The van der Waals surface area contributed by atoms with Gasteiger partial charge in [-0.05, 0) is 134 Å². The predicted octanol–water partition coefficient (Wildman–Crippen LogP) is 8.15. The molecule has 9 heteroatoms. The number of carbonyl (C=O) groups excluding carboxylic acids is 4. The fourth-order valence-corrected chi connectivity index (χ4v) is 9.22. The number of hydrogen-bond acceptors (Lipinski definition) is 6. The van der Waals surface area contributed by atoms with E-state index in [9.17, 15) is 19.2 Å². The van der Waals surface area contributed by atoms with Crippen LogP contribution in [0.15, 0.2) is 109 Å². The van der Waals surface area contributed by atoms with Gasteiger partial charge in [-0.2, -0.15) is 0 Å². The van der Waals surface area contributed by atoms with Gasteiger partial charge < -0.3 is 14.8 Å². The molecule has 52 heavy (non-hydrogen) atoms. The zero-order valence-corrected chi connectivity index (χ0v) is 29.1. The van der Waals surface area contributed by atoms with E-state index in [1.807, 2.05) is 19.1 Å². The summed E-state index contributed by atoms with van der Waals surface area (Å²) in [6, 6.07) is 29.6. The number of ether oxygens (including phenoxy) is 2. The van der Waals surface area contributed by atoms with Crippen molar-refractivity contribution in [3.05, 3.63) is 120 Å². The number of nitrogens with one attached hydrogen (secondary N) is 1. The van der Waals surface area contributed by atoms with Crippen LogP contribution in [0.4, 0.5) is 21.9 Å². The van der Waals surface area contributed by atoms with E-state index in [1.54, 1.807) is 78.9 Å². The summed E-state index contributed by atoms with van der Waals surface area (Å²) in [5.41, 5.74) is 3.39. The maximum Gasteiger partial charge on any atom is 0.343 e. The van der Waals surface area contributed by atoms with Crippen molar-refractivity contribution >= 4 is 46.9 Å². The van der Waals surface area contributed by atoms with Crippen molar-refractivity contribution in [2.24, 2.45) is 17.8 Å². The SMILES string of the molecule is CCOc1cc(C=C2C(=O)N(c3ccccc3)C(=O)N(c3ccccc3)C2=O)ccc1OCC(=O)Nc1ccc(C23CC4CC(CC(C4)C2)C3)cc1. The molecule has 5 amide bonds. The highest BCUT2D eigenvalue weighted by atomic mass is 16.5. The van der Waals surface area contributed by atoms with E-state index in [0.29, 0.717) is 40.5 Å². The van der Waals surface area contributed by atoms with Crippen molar-refractivity contribution < 1.29 is 28.7 Å². The lowest BCUT2D eigenvalue weighted by atomic mass is 9.48. The number of nitrogens with zero attached hydrogens (tertiary/aromatic N) is 2. The van der Waals surface area contributed by atoms with Crippen LogP contribution in [0.1, 0.15) is 56.6 Å². The molecule has 9 nitrogen and oxygen atoms in total. The number of anilines is 3. The van der Waals surface area contributed by atoms with E-state index in [4.69, 9.17) is 9.47 Å². The van der Waals surface area contributed by atoms with Gasteiger partial charge in [-0.1, -0.05) is 54.6 Å². The molecule has 4 aromatic rings. The molecule has 1 saturated heterocycles. The summed E-state index contributed by atoms with van der Waals surface area (Å²) >= 11 is 0. The topological polar surface area (TPSA) is 105 Å². The highest BCUT2D eigenvalue weighted by Crippen LogP contribution is 2.60. The monoisotopic (exact) mass is 695 g/mol. The lowest BCUT2D eigenvalue weighted by molar-refractivity contribution is -0.121. The third kappa shape index (κ3) is 6.36. The third-order valence-corrected chi connectivity index (χ3v) is 11.0. The average Bonchev–Trinajstić information content (AvgIpc) is 3.14. The second-order valence-electron chi connectivity index (χ2n) is 14.5. The first-order valence-electron chi connectivity index (χ1n) is 18.1. The lowest BCUT2D eigenvalue weighted by Gasteiger charge is -2.57. The van der Waals surface area contributed by atoms with E-state index in [1.165, 1.54) is 50.2 Å². The van der Waals surface area contributed by atoms with Crippen molar-refractivity contribution in [1.29, 1.82) is 0 Å². The van der Waals surface area contributed by atoms with Crippen molar-refractivity contribution in [2.75, 3.05) is 28.3 Å². The van der Waals surface area contributed by atoms with Gasteiger partial charge in [-0.15, -0.1) is 0 Å². The van der Waals surface area contributed by atoms with E-state index in [-0.39, 0.29) is 18.1 Å². The van der Waals surface area contributed by atoms with Gasteiger partial charge in [-0.3, -0.25) is 14.4 Å². The Morgan fingerprint density at radius 3 is 1.83 bits per heavy atom. The first-order chi connectivity index (χ1) is 25.3. The highest BCUT2D eigenvalue weighted by molar-refractivity contribution is 6.46. The minimum Gasteiger partial charge on any atom is -0.490 e. The number of barbiturate groups is 1. The largest absolute Gasteiger partial charge is 0.490 e. The molecule has 0 spiro atoms. The first-order valence-corrected chi connectivity index (χ1v) is 18.1. The second kappa shape index (κ2) is 13.8. The van der Waals surface area contributed by atoms with Gasteiger partial charge in [-0.25, -0.2) is 14.6 Å². The van der Waals surface area contributed by atoms with Gasteiger partial charge in [0.25, 0.3) is 17.7 Å². The number of amides is 5. The fourth-order valence-electron chi connectivity index (χ4n) is 9.22. The smallest absolute Gasteiger partial charge is 0.343 e. The van der Waals surface area contributed by atoms with Crippen LogP contribution in [0.3, 0.4) is 0 Å². The molecule has 9 rings (SSSR count). The zero-order valence-electron chi connectivity index (χ0n) is 29.1. The van der Waals surface area contributed by atoms with Crippen LogP contribution in [0, 0.1) is 17.8 Å². The molecule has 5 fully saturated rings. The van der Waals surface area contributed by atoms with Crippen molar-refractivity contribution in [3.63, 3.8) is 0 Å². The minimum absolute atomic E-state index is 0.197. The molecular weight excluding hydrogens is 654 g/mol. The summed E-state index contributed by atoms with van der Waals surface area (Å²) in [7, 11) is 0. The number of benzene rings is 4. The number of rotatable bonds is 10. The van der Waals surface area contributed by atoms with Crippen LogP contribution in [0.2, 0.25) is 0 Å². The van der Waals surface area contributed by atoms with Crippen LogP contribution in [-0.4, -0.2) is 37.0 Å². The molecule has 0 aromatic heterocycles. The summed E-state index contributed by atoms with van der Waals surface area (Å²) < 4.78 is 11.8. The molecule has 0 unspecified atom stereocenters. The maximum atomic E-state index is 13.8. The van der Waals surface area contributed by atoms with Gasteiger partial charge in [0.2, 0.25) is 0 Å². The van der Waals surface area contributed by atoms with Crippen molar-refractivity contribution in [3.8, 4) is 11.5 Å². The molecule has 4 bridgehead atoms. The number of urea groups is 1. The molecule has 1 N–H and O–H groups in total. The standard InChI is InChI=1S/C43H41N3O6/c1-2-51-38-23-28(22-36-40(48)45(34-9-5-3-6-10-34)42(50)46(41(36)49)35-11-7-4-8-12-35)13-18-37(38)52-27-39(47)44-33-16-14-32(15-17-33)43-24-29-19-30(25-43)21-31(20-29)26-43/h3-18,22-23,29-31H,2,19-21,24-27H2,1H3,(H,44,47). The summed E-state index contributed by atoms with van der Waals surface area (Å²) in [6.45, 7) is 1.90. The molecule has 1 heterocycles. The summed E-state index contributed by atoms with van der Waals surface area (Å²) in [5, 5.41) is 2.95. The third-order valence-electron chi connectivity index (χ3n) is 11.0. The Morgan fingerprint density at radius 1 is 0.731 bits per heavy atom. The highest BCUT2D eigenvalue weighted by Gasteiger charge is 2.51. The molecule has 4 aliphatic carbocycles. The molecule has 264 valence electrons. The normalized spacial score (nSPS) is 23.5. The van der Waals surface area contributed by atoms with Crippen LogP contribution in [-0.2, 0) is 19.8 Å². The van der Waals surface area contributed by atoms with Gasteiger partial charge in [0.05, 0.1) is 18.0 Å². The fraction of sp³-hybridized carbons (Fsp3) is 0.302. The Kier molecular flexibility index (Phi) is 8.87. The number of para-hydroxylation sites is 2. The Labute approximate surface area is 303 Å². The zero-order chi connectivity index (χ0) is 35.8. The molecule has 5 aliphatic rings. The van der Waals surface area contributed by atoms with Crippen molar-refractivity contribution in [2.45, 2.75) is 50.9 Å². The van der Waals surface area contributed by atoms with Crippen molar-refractivity contribution in [1.82, 2.24) is 0 Å². The van der Waals surface area contributed by atoms with Gasteiger partial charge in [0, 0.05) is 5.69 Å². The lowest BCUT2D eigenvalue weighted by Crippen LogP contribution is -2.57. The Hall–Kier alpha value is -5.70. The van der Waals surface area contributed by atoms with E-state index < -0.39 is 17.8 Å². The Balaban J connectivity index is 0.979. The van der Waals surface area contributed by atoms with Crippen LogP contribution in [0.25, 0.3) is 6.08 Å². The van der Waals surface area contributed by atoms with Gasteiger partial charge in [0.15, 0.2) is 18.1 Å². The Morgan fingerprint density at radius 2 is 1.29 bits per heavy atom. The van der Waals surface area contributed by atoms with Crippen LogP contribution >= 0.6 is 0 Å². The summed E-state index contributed by atoms with van der Waals surface area (Å²) in [5.74, 6) is 1.50. The number of carbonyl (C=O) groups is 4. The quantitative estimate of drug-likeness (QED) is 0.133. The molecule has 0 radical (unpaired) electrons. The average molecular weight is 696 g/mol. The van der Waals surface area contributed by atoms with Gasteiger partial charge >= 0.3 is 6.03 Å². The molecule has 4 aromatic carbocycles. The minimum atomic E-state index is -0.764. The molecular formula is C43H41N3O6. The summed E-state index contributed by atoms with van der Waals surface area (Å²) in [4.78, 5) is 56.2. The van der Waals surface area contributed by atoms with Gasteiger partial charge in [0.1, 0.15) is 5.57 Å². The number of hydrogen-bond donors (Lipinski definition) is 1. The van der Waals surface area contributed by atoms with Crippen LogP contribution in [0.5, 0.6) is 11.5 Å². The van der Waals surface area contributed by atoms with Crippen LogP contribution < -0.4 is 24.6 Å². The van der Waals surface area contributed by atoms with E-state index in [2.05, 4.69) is 17.4 Å². The molecule has 0 atom stereocenters. The second-order valence-corrected chi connectivity index (χ2v) is 14.5.